The maximum atomic E-state index is 12.8. The Morgan fingerprint density at radius 3 is 3.06 bits per heavy atom. The van der Waals surface area contributed by atoms with Crippen LogP contribution >= 0.6 is 0 Å². The zero-order chi connectivity index (χ0) is 12.4. The molecule has 1 saturated heterocycles. The summed E-state index contributed by atoms with van der Waals surface area (Å²) in [5.41, 5.74) is 4.79. The summed E-state index contributed by atoms with van der Waals surface area (Å²) in [5.74, 6) is -0.338. The van der Waals surface area contributed by atoms with Crippen LogP contribution < -0.4 is 11.4 Å². The van der Waals surface area contributed by atoms with Crippen molar-refractivity contribution in [1.29, 1.82) is 0 Å². The molecular weight excluding hydrogens is 229 g/mol. The molecule has 1 aromatic rings. The lowest BCUT2D eigenvalue weighted by molar-refractivity contribution is -0.0374. The van der Waals surface area contributed by atoms with Gasteiger partial charge >= 0.3 is 5.69 Å². The largest absolute Gasteiger partial charge is 0.394 e. The number of nitrogen functional groups attached to an aromatic ring is 1. The lowest BCUT2D eigenvalue weighted by Gasteiger charge is -2.18. The van der Waals surface area contributed by atoms with Crippen LogP contribution in [0.1, 0.15) is 12.6 Å². The summed E-state index contributed by atoms with van der Waals surface area (Å²) in [5, 5.41) is 8.99. The molecule has 6 nitrogen and oxygen atoms in total. The highest BCUT2D eigenvalue weighted by atomic mass is 19.1. The van der Waals surface area contributed by atoms with Gasteiger partial charge in [-0.05, 0) is 12.5 Å². The normalized spacial score (nSPS) is 28.5. The second-order valence-electron chi connectivity index (χ2n) is 4.02. The molecule has 94 valence electrons. The third-order valence-corrected chi connectivity index (χ3v) is 2.83. The van der Waals surface area contributed by atoms with Gasteiger partial charge in [0, 0.05) is 12.1 Å². The number of anilines is 1. The molecular formula is C10H14FN3O3. The van der Waals surface area contributed by atoms with Crippen molar-refractivity contribution < 1.29 is 14.2 Å². The van der Waals surface area contributed by atoms with Crippen LogP contribution in [0.25, 0.3) is 0 Å². The molecule has 2 rings (SSSR count). The van der Waals surface area contributed by atoms with Crippen LogP contribution in [-0.2, 0) is 4.74 Å². The number of aliphatic hydroxyl groups excluding tert-OH is 1. The third kappa shape index (κ3) is 2.29. The molecule has 2 heterocycles. The Labute approximate surface area is 96.8 Å². The molecule has 3 N–H and O–H groups in total. The van der Waals surface area contributed by atoms with E-state index >= 15 is 0 Å². The first-order valence-electron chi connectivity index (χ1n) is 5.32. The minimum Gasteiger partial charge on any atom is -0.394 e. The smallest absolute Gasteiger partial charge is 0.351 e. The SMILES string of the molecule is Nc1ccn(C2OC(CO)CC2CF)c(=O)n1. The number of hydrogen-bond donors (Lipinski definition) is 2. The fourth-order valence-electron chi connectivity index (χ4n) is 1.99. The molecule has 1 aliphatic rings. The predicted octanol–water partition coefficient (Wildman–Crippen LogP) is -0.309. The van der Waals surface area contributed by atoms with E-state index in [9.17, 15) is 9.18 Å². The molecule has 7 heteroatoms. The average Bonchev–Trinajstić information content (AvgIpc) is 2.72. The zero-order valence-electron chi connectivity index (χ0n) is 9.12. The zero-order valence-corrected chi connectivity index (χ0v) is 9.12. The van der Waals surface area contributed by atoms with E-state index in [2.05, 4.69) is 4.98 Å². The van der Waals surface area contributed by atoms with Crippen molar-refractivity contribution in [3.8, 4) is 0 Å². The van der Waals surface area contributed by atoms with Gasteiger partial charge in [0.25, 0.3) is 0 Å². The van der Waals surface area contributed by atoms with Crippen LogP contribution in [0.15, 0.2) is 17.1 Å². The van der Waals surface area contributed by atoms with Crippen molar-refractivity contribution in [2.45, 2.75) is 18.8 Å². The van der Waals surface area contributed by atoms with E-state index in [-0.39, 0.29) is 12.4 Å². The number of hydrogen-bond acceptors (Lipinski definition) is 5. The van der Waals surface area contributed by atoms with E-state index in [1.807, 2.05) is 0 Å². The number of rotatable bonds is 3. The summed E-state index contributed by atoms with van der Waals surface area (Å²) in [4.78, 5) is 15.1. The summed E-state index contributed by atoms with van der Waals surface area (Å²) in [6.45, 7) is -0.803. The number of nitrogens with zero attached hydrogens (tertiary/aromatic N) is 2. The van der Waals surface area contributed by atoms with E-state index in [1.54, 1.807) is 0 Å². The summed E-state index contributed by atoms with van der Waals surface area (Å²) < 4.78 is 19.5. The predicted molar refractivity (Wildman–Crippen MR) is 58.0 cm³/mol. The molecule has 1 fully saturated rings. The minimum atomic E-state index is -0.724. The van der Waals surface area contributed by atoms with Gasteiger partial charge in [-0.2, -0.15) is 4.98 Å². The molecule has 0 radical (unpaired) electrons. The molecule has 0 amide bonds. The van der Waals surface area contributed by atoms with Crippen molar-refractivity contribution >= 4 is 5.82 Å². The molecule has 1 aromatic heterocycles. The maximum absolute atomic E-state index is 12.8. The van der Waals surface area contributed by atoms with Crippen LogP contribution in [0.2, 0.25) is 0 Å². The van der Waals surface area contributed by atoms with E-state index in [0.717, 1.165) is 0 Å². The van der Waals surface area contributed by atoms with Crippen LogP contribution in [0.3, 0.4) is 0 Å². The van der Waals surface area contributed by atoms with Crippen molar-refractivity contribution in [2.24, 2.45) is 5.92 Å². The van der Waals surface area contributed by atoms with Crippen molar-refractivity contribution in [3.05, 3.63) is 22.7 Å². The molecule has 0 aromatic carbocycles. The molecule has 1 aliphatic heterocycles. The molecule has 0 bridgehead atoms. The first-order chi connectivity index (χ1) is 8.15. The Kier molecular flexibility index (Phi) is 3.39. The second kappa shape index (κ2) is 4.80. The standard InChI is InChI=1S/C10H14FN3O3/c11-4-6-3-7(5-15)17-9(6)14-2-1-8(12)13-10(14)16/h1-2,6-7,9,15H,3-5H2,(H2,12,13,16). The van der Waals surface area contributed by atoms with Gasteiger partial charge in [-0.25, -0.2) is 4.79 Å². The minimum absolute atomic E-state index is 0.111. The lowest BCUT2D eigenvalue weighted by atomic mass is 10.1. The summed E-state index contributed by atoms with van der Waals surface area (Å²) in [6, 6.07) is 1.45. The summed E-state index contributed by atoms with van der Waals surface area (Å²) in [7, 11) is 0. The quantitative estimate of drug-likeness (QED) is 0.760. The second-order valence-corrected chi connectivity index (χ2v) is 4.02. The highest BCUT2D eigenvalue weighted by Gasteiger charge is 2.36. The summed E-state index contributed by atoms with van der Waals surface area (Å²) >= 11 is 0. The Morgan fingerprint density at radius 1 is 1.71 bits per heavy atom. The Bertz CT molecular complexity index is 451. The van der Waals surface area contributed by atoms with Crippen LogP contribution in [0.5, 0.6) is 0 Å². The van der Waals surface area contributed by atoms with Crippen LogP contribution in [0.4, 0.5) is 10.2 Å². The average molecular weight is 243 g/mol. The summed E-state index contributed by atoms with van der Waals surface area (Å²) in [6.07, 6.45) is 0.648. The maximum Gasteiger partial charge on any atom is 0.351 e. The molecule has 3 unspecified atom stereocenters. The van der Waals surface area contributed by atoms with Crippen molar-refractivity contribution in [3.63, 3.8) is 0 Å². The van der Waals surface area contributed by atoms with Gasteiger partial charge in [0.2, 0.25) is 0 Å². The van der Waals surface area contributed by atoms with Crippen LogP contribution in [-0.4, -0.2) is 34.0 Å². The number of nitrogens with two attached hydrogens (primary N) is 1. The van der Waals surface area contributed by atoms with E-state index < -0.39 is 30.6 Å². The monoisotopic (exact) mass is 243 g/mol. The van der Waals surface area contributed by atoms with Gasteiger partial charge in [0.05, 0.1) is 19.4 Å². The molecule has 0 saturated carbocycles. The van der Waals surface area contributed by atoms with Gasteiger partial charge in [0.15, 0.2) is 0 Å². The number of ether oxygens (including phenoxy) is 1. The van der Waals surface area contributed by atoms with Gasteiger partial charge in [-0.3, -0.25) is 8.96 Å². The van der Waals surface area contributed by atoms with Crippen LogP contribution in [0, 0.1) is 5.92 Å². The third-order valence-electron chi connectivity index (χ3n) is 2.83. The van der Waals surface area contributed by atoms with E-state index in [1.165, 1.54) is 16.8 Å². The Morgan fingerprint density at radius 2 is 2.47 bits per heavy atom. The lowest BCUT2D eigenvalue weighted by Crippen LogP contribution is -2.30. The molecule has 0 aliphatic carbocycles. The van der Waals surface area contributed by atoms with Crippen molar-refractivity contribution in [2.75, 3.05) is 19.0 Å². The molecule has 3 atom stereocenters. The highest BCUT2D eigenvalue weighted by Crippen LogP contribution is 2.33. The topological polar surface area (TPSA) is 90.4 Å². The number of alkyl halides is 1. The van der Waals surface area contributed by atoms with E-state index in [0.29, 0.717) is 6.42 Å². The Hall–Kier alpha value is -1.47. The molecule has 17 heavy (non-hydrogen) atoms. The van der Waals surface area contributed by atoms with E-state index in [4.69, 9.17) is 15.6 Å². The fraction of sp³-hybridized carbons (Fsp3) is 0.600. The van der Waals surface area contributed by atoms with Gasteiger partial charge in [0.1, 0.15) is 12.0 Å². The fourth-order valence-corrected chi connectivity index (χ4v) is 1.99. The first kappa shape index (κ1) is 12.0. The number of aliphatic hydroxyl groups is 1. The number of aromatic nitrogens is 2. The highest BCUT2D eigenvalue weighted by molar-refractivity contribution is 5.23. The molecule has 0 spiro atoms. The van der Waals surface area contributed by atoms with Gasteiger partial charge in [-0.1, -0.05) is 0 Å². The van der Waals surface area contributed by atoms with Crippen molar-refractivity contribution in [1.82, 2.24) is 9.55 Å². The van der Waals surface area contributed by atoms with Gasteiger partial charge in [-0.15, -0.1) is 0 Å². The van der Waals surface area contributed by atoms with Gasteiger partial charge < -0.3 is 15.6 Å². The Balaban J connectivity index is 2.29. The number of halogens is 1. The first-order valence-corrected chi connectivity index (χ1v) is 5.32.